The van der Waals surface area contributed by atoms with E-state index in [4.69, 9.17) is 0 Å². The van der Waals surface area contributed by atoms with Gasteiger partial charge in [-0.25, -0.2) is 0 Å². The molecule has 1 atom stereocenters. The maximum Gasteiger partial charge on any atom is 0.0579 e. The molecule has 2 rings (SSSR count). The van der Waals surface area contributed by atoms with Crippen LogP contribution in [0.15, 0.2) is 53.0 Å². The molecule has 0 saturated heterocycles. The summed E-state index contributed by atoms with van der Waals surface area (Å²) in [7, 11) is 0. The van der Waals surface area contributed by atoms with Crippen molar-refractivity contribution in [2.45, 2.75) is 19.9 Å². The van der Waals surface area contributed by atoms with Crippen LogP contribution >= 0.6 is 15.9 Å². The number of aryl methyl sites for hydroxylation is 1. The predicted octanol–water partition coefficient (Wildman–Crippen LogP) is 4.46. The molecule has 1 N–H and O–H groups in total. The second-order valence-electron chi connectivity index (χ2n) is 4.40. The predicted molar refractivity (Wildman–Crippen MR) is 80.8 cm³/mol. The highest BCUT2D eigenvalue weighted by Gasteiger charge is 2.14. The number of benzene rings is 2. The number of hydrogen-bond donors (Lipinski definition) is 1. The monoisotopic (exact) mass is 303 g/mol. The van der Waals surface area contributed by atoms with Crippen molar-refractivity contribution in [2.75, 3.05) is 6.54 Å². The summed E-state index contributed by atoms with van der Waals surface area (Å²) in [6.07, 6.45) is 0. The van der Waals surface area contributed by atoms with E-state index in [0.717, 1.165) is 11.0 Å². The molecule has 18 heavy (non-hydrogen) atoms. The molecular weight excluding hydrogens is 286 g/mol. The second kappa shape index (κ2) is 6.17. The van der Waals surface area contributed by atoms with E-state index in [2.05, 4.69) is 83.6 Å². The molecule has 0 saturated carbocycles. The Morgan fingerprint density at radius 1 is 1.11 bits per heavy atom. The summed E-state index contributed by atoms with van der Waals surface area (Å²) in [5.41, 5.74) is 3.95. The molecule has 2 aromatic rings. The van der Waals surface area contributed by atoms with Gasteiger partial charge in [0.25, 0.3) is 0 Å². The van der Waals surface area contributed by atoms with Gasteiger partial charge >= 0.3 is 0 Å². The molecule has 0 heterocycles. The quantitative estimate of drug-likeness (QED) is 0.879. The van der Waals surface area contributed by atoms with Gasteiger partial charge in [0.1, 0.15) is 0 Å². The molecule has 0 fully saturated rings. The van der Waals surface area contributed by atoms with Crippen molar-refractivity contribution in [1.29, 1.82) is 0 Å². The van der Waals surface area contributed by atoms with Crippen LogP contribution in [0.4, 0.5) is 0 Å². The van der Waals surface area contributed by atoms with Crippen LogP contribution in [0.2, 0.25) is 0 Å². The number of nitrogens with one attached hydrogen (secondary N) is 1. The van der Waals surface area contributed by atoms with Crippen molar-refractivity contribution in [3.8, 4) is 0 Å². The largest absolute Gasteiger partial charge is 0.307 e. The fourth-order valence-corrected chi connectivity index (χ4v) is 2.70. The van der Waals surface area contributed by atoms with E-state index < -0.39 is 0 Å². The van der Waals surface area contributed by atoms with Gasteiger partial charge in [-0.05, 0) is 42.3 Å². The van der Waals surface area contributed by atoms with Gasteiger partial charge in [0.05, 0.1) is 6.04 Å². The summed E-state index contributed by atoms with van der Waals surface area (Å²) in [5, 5.41) is 3.56. The summed E-state index contributed by atoms with van der Waals surface area (Å²) < 4.78 is 1.13. The van der Waals surface area contributed by atoms with Crippen LogP contribution in [0.25, 0.3) is 0 Å². The lowest BCUT2D eigenvalue weighted by atomic mass is 9.95. The second-order valence-corrected chi connectivity index (χ2v) is 5.32. The highest BCUT2D eigenvalue weighted by atomic mass is 79.9. The number of rotatable bonds is 4. The fraction of sp³-hybridized carbons (Fsp3) is 0.250. The normalized spacial score (nSPS) is 12.4. The zero-order chi connectivity index (χ0) is 13.0. The Labute approximate surface area is 117 Å². The summed E-state index contributed by atoms with van der Waals surface area (Å²) in [4.78, 5) is 0. The smallest absolute Gasteiger partial charge is 0.0579 e. The molecule has 94 valence electrons. The van der Waals surface area contributed by atoms with Crippen molar-refractivity contribution in [3.05, 3.63) is 69.7 Å². The molecule has 0 aliphatic heterocycles. The van der Waals surface area contributed by atoms with Crippen molar-refractivity contribution >= 4 is 15.9 Å². The van der Waals surface area contributed by atoms with Crippen LogP contribution in [0.1, 0.15) is 29.7 Å². The van der Waals surface area contributed by atoms with Gasteiger partial charge in [-0.3, -0.25) is 0 Å². The van der Waals surface area contributed by atoms with E-state index in [9.17, 15) is 0 Å². The van der Waals surface area contributed by atoms with Crippen molar-refractivity contribution in [3.63, 3.8) is 0 Å². The Balaban J connectivity index is 2.41. The third kappa shape index (κ3) is 3.01. The lowest BCUT2D eigenvalue weighted by Gasteiger charge is -2.21. The molecule has 2 aromatic carbocycles. The Bertz CT molecular complexity index is 508. The first kappa shape index (κ1) is 13.3. The minimum atomic E-state index is 0.268. The average molecular weight is 304 g/mol. The van der Waals surface area contributed by atoms with Crippen LogP contribution in [0, 0.1) is 6.92 Å². The molecular formula is C16H18BrN. The standard InChI is InChI=1S/C16H18BrN/c1-3-18-16(13-7-5-4-6-8-13)15-10-9-14(17)11-12(15)2/h4-11,16,18H,3H2,1-2H3. The first-order chi connectivity index (χ1) is 8.72. The average Bonchev–Trinajstić information content (AvgIpc) is 2.38. The molecule has 0 aromatic heterocycles. The van der Waals surface area contributed by atoms with Gasteiger partial charge < -0.3 is 5.32 Å². The van der Waals surface area contributed by atoms with E-state index in [0.29, 0.717) is 0 Å². The van der Waals surface area contributed by atoms with Crippen LogP contribution in [-0.2, 0) is 0 Å². The van der Waals surface area contributed by atoms with Gasteiger partial charge in [-0.15, -0.1) is 0 Å². The van der Waals surface area contributed by atoms with Gasteiger partial charge in [-0.1, -0.05) is 59.3 Å². The molecule has 1 nitrogen and oxygen atoms in total. The van der Waals surface area contributed by atoms with Crippen LogP contribution in [0.5, 0.6) is 0 Å². The Hall–Kier alpha value is -1.12. The Morgan fingerprint density at radius 2 is 1.83 bits per heavy atom. The van der Waals surface area contributed by atoms with Gasteiger partial charge in [0.15, 0.2) is 0 Å². The van der Waals surface area contributed by atoms with E-state index in [-0.39, 0.29) is 6.04 Å². The molecule has 0 spiro atoms. The van der Waals surface area contributed by atoms with Gasteiger partial charge in [0, 0.05) is 4.47 Å². The maximum atomic E-state index is 3.56. The molecule has 0 amide bonds. The highest BCUT2D eigenvalue weighted by molar-refractivity contribution is 9.10. The molecule has 0 aliphatic carbocycles. The first-order valence-corrected chi connectivity index (χ1v) is 7.06. The lowest BCUT2D eigenvalue weighted by Crippen LogP contribution is -2.22. The SMILES string of the molecule is CCNC(c1ccccc1)c1ccc(Br)cc1C. The van der Waals surface area contributed by atoms with Crippen molar-refractivity contribution in [1.82, 2.24) is 5.32 Å². The van der Waals surface area contributed by atoms with Crippen molar-refractivity contribution < 1.29 is 0 Å². The van der Waals surface area contributed by atoms with Crippen LogP contribution < -0.4 is 5.32 Å². The van der Waals surface area contributed by atoms with E-state index in [1.165, 1.54) is 16.7 Å². The summed E-state index contributed by atoms with van der Waals surface area (Å²) in [5.74, 6) is 0. The van der Waals surface area contributed by atoms with Gasteiger partial charge in [-0.2, -0.15) is 0 Å². The maximum absolute atomic E-state index is 3.56. The van der Waals surface area contributed by atoms with E-state index >= 15 is 0 Å². The Morgan fingerprint density at radius 3 is 2.44 bits per heavy atom. The molecule has 0 radical (unpaired) electrons. The zero-order valence-electron chi connectivity index (χ0n) is 10.8. The summed E-state index contributed by atoms with van der Waals surface area (Å²) in [6.45, 7) is 5.26. The third-order valence-corrected chi connectivity index (χ3v) is 3.58. The van der Waals surface area contributed by atoms with Crippen LogP contribution in [0.3, 0.4) is 0 Å². The van der Waals surface area contributed by atoms with E-state index in [1.807, 2.05) is 0 Å². The highest BCUT2D eigenvalue weighted by Crippen LogP contribution is 2.26. The van der Waals surface area contributed by atoms with Crippen molar-refractivity contribution in [2.24, 2.45) is 0 Å². The van der Waals surface area contributed by atoms with Crippen LogP contribution in [-0.4, -0.2) is 6.54 Å². The van der Waals surface area contributed by atoms with Gasteiger partial charge in [0.2, 0.25) is 0 Å². The fourth-order valence-electron chi connectivity index (χ4n) is 2.22. The molecule has 0 bridgehead atoms. The molecule has 1 unspecified atom stereocenters. The number of hydrogen-bond acceptors (Lipinski definition) is 1. The van der Waals surface area contributed by atoms with E-state index in [1.54, 1.807) is 0 Å². The lowest BCUT2D eigenvalue weighted by molar-refractivity contribution is 0.627. The summed E-state index contributed by atoms with van der Waals surface area (Å²) >= 11 is 3.52. The minimum Gasteiger partial charge on any atom is -0.307 e. The molecule has 0 aliphatic rings. The zero-order valence-corrected chi connectivity index (χ0v) is 12.4. The number of halogens is 1. The minimum absolute atomic E-state index is 0.268. The topological polar surface area (TPSA) is 12.0 Å². The first-order valence-electron chi connectivity index (χ1n) is 6.26. The summed E-state index contributed by atoms with van der Waals surface area (Å²) in [6, 6.07) is 17.3. The third-order valence-electron chi connectivity index (χ3n) is 3.08. The Kier molecular flexibility index (Phi) is 4.56. The molecule has 2 heteroatoms.